The molecule has 0 N–H and O–H groups in total. The van der Waals surface area contributed by atoms with Gasteiger partial charge in [-0.2, -0.15) is 13.2 Å². The molecule has 1 heterocycles. The summed E-state index contributed by atoms with van der Waals surface area (Å²) < 4.78 is 41.3. The van der Waals surface area contributed by atoms with Crippen molar-refractivity contribution in [3.8, 4) is 0 Å². The molecule has 9 heteroatoms. The Kier molecular flexibility index (Phi) is 5.38. The van der Waals surface area contributed by atoms with Crippen LogP contribution in [-0.4, -0.2) is 16.6 Å². The van der Waals surface area contributed by atoms with Crippen LogP contribution in [0.5, 0.6) is 0 Å². The van der Waals surface area contributed by atoms with Crippen LogP contribution in [0.2, 0.25) is 0 Å². The molecule has 0 spiro atoms. The molecule has 2 aromatic carbocycles. The highest BCUT2D eigenvalue weighted by molar-refractivity contribution is 6.08. The van der Waals surface area contributed by atoms with Crippen LogP contribution < -0.4 is 4.90 Å². The molecule has 0 radical (unpaired) electrons. The molecule has 1 aliphatic carbocycles. The summed E-state index contributed by atoms with van der Waals surface area (Å²) in [5, 5.41) is 11.6. The zero-order valence-corrected chi connectivity index (χ0v) is 18.0. The SMILES string of the molecule is CC1(C)CC(=O)C2=C(C1)N(c1ccccc1[N+](=O)[O-])C(=O)CC2c1ccccc1C(F)(F)F. The van der Waals surface area contributed by atoms with Crippen molar-refractivity contribution in [2.24, 2.45) is 5.41 Å². The van der Waals surface area contributed by atoms with Crippen molar-refractivity contribution >= 4 is 23.1 Å². The zero-order valence-electron chi connectivity index (χ0n) is 18.0. The van der Waals surface area contributed by atoms with E-state index >= 15 is 0 Å². The summed E-state index contributed by atoms with van der Waals surface area (Å²) in [6.45, 7) is 3.65. The van der Waals surface area contributed by atoms with E-state index < -0.39 is 40.3 Å². The van der Waals surface area contributed by atoms with Crippen molar-refractivity contribution in [2.45, 2.75) is 45.2 Å². The normalized spacial score (nSPS) is 20.6. The molecular formula is C24H21F3N2O4. The minimum atomic E-state index is -4.66. The summed E-state index contributed by atoms with van der Waals surface area (Å²) in [5.74, 6) is -2.01. The lowest BCUT2D eigenvalue weighted by Crippen LogP contribution is -2.44. The molecule has 1 aliphatic heterocycles. The quantitative estimate of drug-likeness (QED) is 0.432. The summed E-state index contributed by atoms with van der Waals surface area (Å²) in [5.41, 5.74) is -1.54. The first-order valence-electron chi connectivity index (χ1n) is 10.4. The summed E-state index contributed by atoms with van der Waals surface area (Å²) >= 11 is 0. The molecule has 172 valence electrons. The van der Waals surface area contributed by atoms with Crippen molar-refractivity contribution in [1.82, 2.24) is 0 Å². The number of benzene rings is 2. The molecule has 2 aromatic rings. The molecule has 0 fully saturated rings. The van der Waals surface area contributed by atoms with Crippen molar-refractivity contribution in [2.75, 3.05) is 4.90 Å². The standard InChI is InChI=1S/C24H21F3N2O4/c1-23(2)12-19-22(20(30)13-23)15(14-7-3-4-8-16(14)24(25,26)27)11-21(31)28(19)17-9-5-6-10-18(17)29(32)33/h3-10,15H,11-13H2,1-2H3. The fraction of sp³-hybridized carbons (Fsp3) is 0.333. The number of alkyl halides is 3. The number of hydrogen-bond acceptors (Lipinski definition) is 4. The maximum absolute atomic E-state index is 13.8. The van der Waals surface area contributed by atoms with Gasteiger partial charge in [0.15, 0.2) is 5.78 Å². The maximum Gasteiger partial charge on any atom is 0.416 e. The van der Waals surface area contributed by atoms with Gasteiger partial charge in [0.1, 0.15) is 5.69 Å². The van der Waals surface area contributed by atoms with Gasteiger partial charge in [0, 0.05) is 36.1 Å². The first-order chi connectivity index (χ1) is 15.4. The Labute approximate surface area is 187 Å². The Hall–Kier alpha value is -3.49. The molecule has 1 unspecified atom stereocenters. The summed E-state index contributed by atoms with van der Waals surface area (Å²) in [7, 11) is 0. The number of rotatable bonds is 3. The van der Waals surface area contributed by atoms with Gasteiger partial charge in [0.05, 0.1) is 10.5 Å². The summed E-state index contributed by atoms with van der Waals surface area (Å²) in [4.78, 5) is 38.8. The zero-order chi connectivity index (χ0) is 24.1. The minimum absolute atomic E-state index is 0.00746. The number of Topliss-reactive ketones (excluding diaryl/α,β-unsaturated/α-hetero) is 1. The highest BCUT2D eigenvalue weighted by Gasteiger charge is 2.47. The Morgan fingerprint density at radius 3 is 2.33 bits per heavy atom. The van der Waals surface area contributed by atoms with Gasteiger partial charge in [-0.05, 0) is 29.5 Å². The fourth-order valence-electron chi connectivity index (χ4n) is 4.83. The van der Waals surface area contributed by atoms with Gasteiger partial charge in [-0.3, -0.25) is 24.6 Å². The number of allylic oxidation sites excluding steroid dienone is 2. The highest BCUT2D eigenvalue weighted by atomic mass is 19.4. The third-order valence-corrected chi connectivity index (χ3v) is 6.10. The molecule has 1 amide bonds. The van der Waals surface area contributed by atoms with Crippen LogP contribution in [0.3, 0.4) is 0 Å². The predicted molar refractivity (Wildman–Crippen MR) is 114 cm³/mol. The van der Waals surface area contributed by atoms with Crippen molar-refractivity contribution < 1.29 is 27.7 Å². The van der Waals surface area contributed by atoms with Crippen LogP contribution in [0.25, 0.3) is 0 Å². The smallest absolute Gasteiger partial charge is 0.294 e. The topological polar surface area (TPSA) is 80.5 Å². The van der Waals surface area contributed by atoms with Gasteiger partial charge in [0.2, 0.25) is 5.91 Å². The van der Waals surface area contributed by atoms with Gasteiger partial charge < -0.3 is 0 Å². The predicted octanol–water partition coefficient (Wildman–Crippen LogP) is 5.78. The van der Waals surface area contributed by atoms with E-state index in [2.05, 4.69) is 0 Å². The maximum atomic E-state index is 13.8. The minimum Gasteiger partial charge on any atom is -0.294 e. The second-order valence-corrected chi connectivity index (χ2v) is 9.12. The van der Waals surface area contributed by atoms with Crippen molar-refractivity contribution in [3.63, 3.8) is 0 Å². The van der Waals surface area contributed by atoms with Gasteiger partial charge in [-0.1, -0.05) is 44.2 Å². The van der Waals surface area contributed by atoms with E-state index in [9.17, 15) is 32.9 Å². The Bertz CT molecular complexity index is 1200. The average molecular weight is 458 g/mol. The molecule has 4 rings (SSSR count). The monoisotopic (exact) mass is 458 g/mol. The molecule has 0 saturated carbocycles. The molecule has 33 heavy (non-hydrogen) atoms. The molecular weight excluding hydrogens is 437 g/mol. The summed E-state index contributed by atoms with van der Waals surface area (Å²) in [6, 6.07) is 10.6. The van der Waals surface area contributed by atoms with E-state index in [-0.39, 0.29) is 46.8 Å². The highest BCUT2D eigenvalue weighted by Crippen LogP contribution is 2.50. The van der Waals surface area contributed by atoms with Gasteiger partial charge in [0.25, 0.3) is 5.69 Å². The van der Waals surface area contributed by atoms with Crippen molar-refractivity contribution in [3.05, 3.63) is 81.0 Å². The molecule has 1 atom stereocenters. The number of nitrogens with zero attached hydrogens (tertiary/aromatic N) is 2. The van der Waals surface area contributed by atoms with Crippen molar-refractivity contribution in [1.29, 1.82) is 0 Å². The van der Waals surface area contributed by atoms with E-state index in [1.165, 1.54) is 47.4 Å². The number of carbonyl (C=O) groups excluding carboxylic acids is 2. The number of hydrogen-bond donors (Lipinski definition) is 0. The number of nitro groups is 1. The number of carbonyl (C=O) groups is 2. The van der Waals surface area contributed by atoms with Gasteiger partial charge in [-0.25, -0.2) is 0 Å². The number of nitro benzene ring substituents is 1. The second kappa shape index (κ2) is 7.83. The van der Waals surface area contributed by atoms with E-state index in [1.807, 2.05) is 13.8 Å². The lowest BCUT2D eigenvalue weighted by molar-refractivity contribution is -0.384. The fourth-order valence-corrected chi connectivity index (χ4v) is 4.83. The largest absolute Gasteiger partial charge is 0.416 e. The average Bonchev–Trinajstić information content (AvgIpc) is 2.71. The first kappa shape index (κ1) is 22.7. The number of anilines is 1. The molecule has 2 aliphatic rings. The number of amides is 1. The molecule has 0 saturated heterocycles. The second-order valence-electron chi connectivity index (χ2n) is 9.12. The van der Waals surface area contributed by atoms with Crippen LogP contribution in [0.15, 0.2) is 59.8 Å². The van der Waals surface area contributed by atoms with E-state index in [4.69, 9.17) is 0 Å². The third-order valence-electron chi connectivity index (χ3n) is 6.10. The van der Waals surface area contributed by atoms with E-state index in [1.54, 1.807) is 0 Å². The first-order valence-corrected chi connectivity index (χ1v) is 10.4. The number of halogens is 3. The van der Waals surface area contributed by atoms with Crippen LogP contribution in [-0.2, 0) is 15.8 Å². The number of para-hydroxylation sites is 2. The van der Waals surface area contributed by atoms with Gasteiger partial charge >= 0.3 is 6.18 Å². The molecule has 0 aromatic heterocycles. The Morgan fingerprint density at radius 2 is 1.67 bits per heavy atom. The third kappa shape index (κ3) is 4.03. The van der Waals surface area contributed by atoms with E-state index in [0.29, 0.717) is 0 Å². The summed E-state index contributed by atoms with van der Waals surface area (Å²) in [6.07, 6.45) is -4.73. The van der Waals surface area contributed by atoms with E-state index in [0.717, 1.165) is 6.07 Å². The Morgan fingerprint density at radius 1 is 1.03 bits per heavy atom. The van der Waals surface area contributed by atoms with Crippen LogP contribution in [0.4, 0.5) is 24.5 Å². The van der Waals surface area contributed by atoms with Crippen LogP contribution >= 0.6 is 0 Å². The van der Waals surface area contributed by atoms with Crippen LogP contribution in [0, 0.1) is 15.5 Å². The lowest BCUT2D eigenvalue weighted by Gasteiger charge is -2.43. The van der Waals surface area contributed by atoms with Gasteiger partial charge in [-0.15, -0.1) is 0 Å². The number of ketones is 1. The molecule has 0 bridgehead atoms. The Balaban J connectivity index is 1.98. The van der Waals surface area contributed by atoms with Crippen LogP contribution in [0.1, 0.15) is 50.2 Å². The molecule has 6 nitrogen and oxygen atoms in total. The lowest BCUT2D eigenvalue weighted by atomic mass is 9.68.